The summed E-state index contributed by atoms with van der Waals surface area (Å²) in [6.07, 6.45) is 3.17. The lowest BCUT2D eigenvalue weighted by Gasteiger charge is -2.13. The smallest absolute Gasteiger partial charge is 0.251 e. The molecule has 0 saturated heterocycles. The molecule has 1 amide bonds. The summed E-state index contributed by atoms with van der Waals surface area (Å²) < 4.78 is 7.26. The Labute approximate surface area is 140 Å². The highest BCUT2D eigenvalue weighted by atomic mass is 16.3. The summed E-state index contributed by atoms with van der Waals surface area (Å²) in [6.45, 7) is 6.39. The van der Waals surface area contributed by atoms with Gasteiger partial charge in [0.05, 0.1) is 12.6 Å². The van der Waals surface area contributed by atoms with Gasteiger partial charge < -0.3 is 9.73 Å². The number of aromatic nitrogens is 3. The van der Waals surface area contributed by atoms with Gasteiger partial charge in [-0.05, 0) is 44.5 Å². The molecule has 1 aromatic carbocycles. The summed E-state index contributed by atoms with van der Waals surface area (Å²) in [5.74, 6) is 1.58. The molecule has 0 radical (unpaired) electrons. The van der Waals surface area contributed by atoms with Crippen molar-refractivity contribution in [1.29, 1.82) is 0 Å². The SMILES string of the molecule is Cc1cc(C(C)NC(=O)c2ccc(Cn3cncn3)cc2)c(C)o1. The van der Waals surface area contributed by atoms with Gasteiger partial charge in [0.25, 0.3) is 5.91 Å². The Morgan fingerprint density at radius 1 is 1.29 bits per heavy atom. The van der Waals surface area contributed by atoms with Crippen LogP contribution in [-0.4, -0.2) is 20.7 Å². The zero-order valence-electron chi connectivity index (χ0n) is 14.0. The van der Waals surface area contributed by atoms with Gasteiger partial charge in [-0.3, -0.25) is 4.79 Å². The molecule has 1 atom stereocenters. The molecule has 0 spiro atoms. The average molecular weight is 324 g/mol. The Kier molecular flexibility index (Phi) is 4.46. The van der Waals surface area contributed by atoms with Gasteiger partial charge in [0, 0.05) is 11.1 Å². The van der Waals surface area contributed by atoms with Crippen molar-refractivity contribution in [2.45, 2.75) is 33.4 Å². The highest BCUT2D eigenvalue weighted by Gasteiger charge is 2.16. The van der Waals surface area contributed by atoms with Crippen LogP contribution in [-0.2, 0) is 6.54 Å². The maximum atomic E-state index is 12.4. The topological polar surface area (TPSA) is 73.0 Å². The zero-order valence-corrected chi connectivity index (χ0v) is 14.0. The number of hydrogen-bond acceptors (Lipinski definition) is 4. The lowest BCUT2D eigenvalue weighted by Crippen LogP contribution is -2.26. The van der Waals surface area contributed by atoms with E-state index in [4.69, 9.17) is 4.42 Å². The molecule has 3 rings (SSSR count). The predicted octanol–water partition coefficient (Wildman–Crippen LogP) is 3.03. The molecule has 0 saturated carbocycles. The number of rotatable bonds is 5. The first-order valence-corrected chi connectivity index (χ1v) is 7.82. The fourth-order valence-corrected chi connectivity index (χ4v) is 2.70. The van der Waals surface area contributed by atoms with E-state index in [-0.39, 0.29) is 11.9 Å². The zero-order chi connectivity index (χ0) is 17.1. The molecule has 124 valence electrons. The van der Waals surface area contributed by atoms with Crippen molar-refractivity contribution in [1.82, 2.24) is 20.1 Å². The molecular weight excluding hydrogens is 304 g/mol. The number of amides is 1. The second-order valence-electron chi connectivity index (χ2n) is 5.85. The number of benzene rings is 1. The summed E-state index contributed by atoms with van der Waals surface area (Å²) in [7, 11) is 0. The maximum absolute atomic E-state index is 12.4. The Morgan fingerprint density at radius 3 is 2.62 bits per heavy atom. The molecule has 2 aromatic heterocycles. The van der Waals surface area contributed by atoms with Gasteiger partial charge in [0.1, 0.15) is 24.2 Å². The Morgan fingerprint density at radius 2 is 2.04 bits per heavy atom. The van der Waals surface area contributed by atoms with Gasteiger partial charge in [0.2, 0.25) is 0 Å². The summed E-state index contributed by atoms with van der Waals surface area (Å²) in [5, 5.41) is 7.07. The van der Waals surface area contributed by atoms with Crippen LogP contribution in [0.15, 0.2) is 47.4 Å². The Hall–Kier alpha value is -2.89. The standard InChI is InChI=1S/C18H20N4O2/c1-12-8-17(14(3)24-12)13(2)21-18(23)16-6-4-15(5-7-16)9-22-11-19-10-20-22/h4-8,10-11,13H,9H2,1-3H3,(H,21,23). The van der Waals surface area contributed by atoms with Gasteiger partial charge in [-0.1, -0.05) is 12.1 Å². The minimum atomic E-state index is -0.107. The number of hydrogen-bond donors (Lipinski definition) is 1. The first-order chi connectivity index (χ1) is 11.5. The van der Waals surface area contributed by atoms with Crippen LogP contribution in [0, 0.1) is 13.8 Å². The monoisotopic (exact) mass is 324 g/mol. The number of furan rings is 1. The van der Waals surface area contributed by atoms with E-state index < -0.39 is 0 Å². The van der Waals surface area contributed by atoms with Crippen LogP contribution < -0.4 is 5.32 Å². The van der Waals surface area contributed by atoms with Crippen molar-refractivity contribution in [3.8, 4) is 0 Å². The number of nitrogens with one attached hydrogen (secondary N) is 1. The lowest BCUT2D eigenvalue weighted by molar-refractivity contribution is 0.0939. The molecule has 1 N–H and O–H groups in total. The van der Waals surface area contributed by atoms with Crippen LogP contribution in [0.1, 0.15) is 46.0 Å². The normalized spacial score (nSPS) is 12.1. The third kappa shape index (κ3) is 3.53. The largest absolute Gasteiger partial charge is 0.466 e. The molecule has 0 aliphatic heterocycles. The van der Waals surface area contributed by atoms with Crippen molar-refractivity contribution in [3.63, 3.8) is 0 Å². The fourth-order valence-electron chi connectivity index (χ4n) is 2.70. The average Bonchev–Trinajstić information content (AvgIpc) is 3.17. The summed E-state index contributed by atoms with van der Waals surface area (Å²) in [4.78, 5) is 16.3. The van der Waals surface area contributed by atoms with Crippen LogP contribution in [0.2, 0.25) is 0 Å². The molecule has 24 heavy (non-hydrogen) atoms. The van der Waals surface area contributed by atoms with Gasteiger partial charge >= 0.3 is 0 Å². The predicted molar refractivity (Wildman–Crippen MR) is 89.6 cm³/mol. The van der Waals surface area contributed by atoms with Crippen LogP contribution in [0.3, 0.4) is 0 Å². The first-order valence-electron chi connectivity index (χ1n) is 7.82. The van der Waals surface area contributed by atoms with Crippen LogP contribution in [0.5, 0.6) is 0 Å². The fraction of sp³-hybridized carbons (Fsp3) is 0.278. The molecule has 6 heteroatoms. The molecule has 0 aliphatic carbocycles. The van der Waals surface area contributed by atoms with E-state index in [1.54, 1.807) is 11.0 Å². The van der Waals surface area contributed by atoms with E-state index in [2.05, 4.69) is 15.4 Å². The van der Waals surface area contributed by atoms with E-state index in [9.17, 15) is 4.79 Å². The molecule has 6 nitrogen and oxygen atoms in total. The Bertz CT molecular complexity index is 819. The Balaban J connectivity index is 1.65. The third-order valence-corrected chi connectivity index (χ3v) is 3.92. The van der Waals surface area contributed by atoms with Gasteiger partial charge in [-0.25, -0.2) is 9.67 Å². The van der Waals surface area contributed by atoms with Gasteiger partial charge in [0.15, 0.2) is 0 Å². The summed E-state index contributed by atoms with van der Waals surface area (Å²) in [6, 6.07) is 9.35. The van der Waals surface area contributed by atoms with Gasteiger partial charge in [-0.2, -0.15) is 5.10 Å². The van der Waals surface area contributed by atoms with Crippen LogP contribution in [0.4, 0.5) is 0 Å². The van der Waals surface area contributed by atoms with Crippen LogP contribution in [0.25, 0.3) is 0 Å². The molecule has 0 aliphatic rings. The number of carbonyl (C=O) groups excluding carboxylic acids is 1. The van der Waals surface area contributed by atoms with Crippen molar-refractivity contribution in [3.05, 3.63) is 71.2 Å². The van der Waals surface area contributed by atoms with Gasteiger partial charge in [-0.15, -0.1) is 0 Å². The molecule has 0 fully saturated rings. The van der Waals surface area contributed by atoms with Crippen molar-refractivity contribution in [2.75, 3.05) is 0 Å². The molecule has 0 bridgehead atoms. The maximum Gasteiger partial charge on any atom is 0.251 e. The van der Waals surface area contributed by atoms with E-state index in [0.29, 0.717) is 12.1 Å². The summed E-state index contributed by atoms with van der Waals surface area (Å²) in [5.41, 5.74) is 2.69. The molecular formula is C18H20N4O2. The third-order valence-electron chi connectivity index (χ3n) is 3.92. The molecule has 1 unspecified atom stereocenters. The number of nitrogens with zero attached hydrogens (tertiary/aromatic N) is 3. The highest BCUT2D eigenvalue weighted by Crippen LogP contribution is 2.21. The lowest BCUT2D eigenvalue weighted by atomic mass is 10.1. The quantitative estimate of drug-likeness (QED) is 0.783. The van der Waals surface area contributed by atoms with Crippen molar-refractivity contribution < 1.29 is 9.21 Å². The molecule has 2 heterocycles. The molecule has 3 aromatic rings. The second kappa shape index (κ2) is 6.70. The van der Waals surface area contributed by atoms with E-state index in [1.165, 1.54) is 6.33 Å². The second-order valence-corrected chi connectivity index (χ2v) is 5.85. The number of carbonyl (C=O) groups is 1. The minimum Gasteiger partial charge on any atom is -0.466 e. The van der Waals surface area contributed by atoms with E-state index in [0.717, 1.165) is 22.6 Å². The minimum absolute atomic E-state index is 0.104. The van der Waals surface area contributed by atoms with Crippen molar-refractivity contribution in [2.24, 2.45) is 0 Å². The summed E-state index contributed by atoms with van der Waals surface area (Å²) >= 11 is 0. The first kappa shape index (κ1) is 16.0. The van der Waals surface area contributed by atoms with Crippen LogP contribution >= 0.6 is 0 Å². The van der Waals surface area contributed by atoms with Crippen molar-refractivity contribution >= 4 is 5.91 Å². The number of aryl methyl sites for hydroxylation is 2. The van der Waals surface area contributed by atoms with E-state index >= 15 is 0 Å². The highest BCUT2D eigenvalue weighted by molar-refractivity contribution is 5.94. The van der Waals surface area contributed by atoms with E-state index in [1.807, 2.05) is 51.1 Å².